The van der Waals surface area contributed by atoms with Crippen molar-refractivity contribution in [3.8, 4) is 0 Å². The molecule has 0 aromatic carbocycles. The fourth-order valence-corrected chi connectivity index (χ4v) is 0.560. The van der Waals surface area contributed by atoms with Crippen molar-refractivity contribution in [3.63, 3.8) is 0 Å². The van der Waals surface area contributed by atoms with Crippen molar-refractivity contribution in [1.29, 1.82) is 0 Å². The van der Waals surface area contributed by atoms with Gasteiger partial charge in [0.1, 0.15) is 5.54 Å². The highest BCUT2D eigenvalue weighted by Crippen LogP contribution is 2.29. The fourth-order valence-electron chi connectivity index (χ4n) is 0.560. The third kappa shape index (κ3) is 3.43. The number of hydrogen-bond acceptors (Lipinski definition) is 1. The summed E-state index contributed by atoms with van der Waals surface area (Å²) < 4.78 is 36.7. The van der Waals surface area contributed by atoms with Gasteiger partial charge in [-0.1, -0.05) is 13.8 Å². The highest BCUT2D eigenvalue weighted by Gasteiger charge is 2.46. The molecule has 74 valence electrons. The maximum atomic E-state index is 12.2. The molecule has 1 N–H and O–H groups in total. The first-order chi connectivity index (χ1) is 5.17. The lowest BCUT2D eigenvalue weighted by Gasteiger charge is -2.29. The topological polar surface area (TPSA) is 12.0 Å². The first-order valence-corrected chi connectivity index (χ1v) is 3.98. The van der Waals surface area contributed by atoms with Crippen LogP contribution in [0.2, 0.25) is 0 Å². The van der Waals surface area contributed by atoms with Gasteiger partial charge < -0.3 is 5.32 Å². The third-order valence-corrected chi connectivity index (χ3v) is 1.66. The van der Waals surface area contributed by atoms with Crippen molar-refractivity contribution < 1.29 is 13.2 Å². The Labute approximate surface area is 71.3 Å². The van der Waals surface area contributed by atoms with Gasteiger partial charge >= 0.3 is 6.18 Å². The number of alkyl halides is 3. The van der Waals surface area contributed by atoms with Crippen LogP contribution < -0.4 is 5.32 Å². The Balaban J connectivity index is 4.05. The predicted molar refractivity (Wildman–Crippen MR) is 43.0 cm³/mol. The summed E-state index contributed by atoms with van der Waals surface area (Å²) in [6, 6.07) is 0. The van der Waals surface area contributed by atoms with Gasteiger partial charge in [0, 0.05) is 0 Å². The third-order valence-electron chi connectivity index (χ3n) is 1.66. The van der Waals surface area contributed by atoms with E-state index in [4.69, 9.17) is 0 Å². The van der Waals surface area contributed by atoms with E-state index in [1.807, 2.05) is 13.8 Å². The van der Waals surface area contributed by atoms with Crippen LogP contribution in [0.3, 0.4) is 0 Å². The van der Waals surface area contributed by atoms with Crippen LogP contribution in [0.4, 0.5) is 13.2 Å². The molecular formula is C8H16F3N. The van der Waals surface area contributed by atoms with Crippen LogP contribution in [0.25, 0.3) is 0 Å². The van der Waals surface area contributed by atoms with Crippen molar-refractivity contribution in [3.05, 3.63) is 0 Å². The van der Waals surface area contributed by atoms with Crippen molar-refractivity contribution in [1.82, 2.24) is 5.32 Å². The maximum absolute atomic E-state index is 12.2. The van der Waals surface area contributed by atoms with Crippen molar-refractivity contribution >= 4 is 0 Å². The van der Waals surface area contributed by atoms with Gasteiger partial charge in [-0.2, -0.15) is 13.2 Å². The molecule has 1 nitrogen and oxygen atoms in total. The summed E-state index contributed by atoms with van der Waals surface area (Å²) in [5, 5.41) is 2.47. The van der Waals surface area contributed by atoms with E-state index in [-0.39, 0.29) is 5.92 Å². The van der Waals surface area contributed by atoms with Gasteiger partial charge in [0.05, 0.1) is 0 Å². The second-order valence-corrected chi connectivity index (χ2v) is 3.90. The second-order valence-electron chi connectivity index (χ2n) is 3.90. The van der Waals surface area contributed by atoms with Crippen LogP contribution in [0.15, 0.2) is 0 Å². The summed E-state index contributed by atoms with van der Waals surface area (Å²) in [7, 11) is 0. The van der Waals surface area contributed by atoms with Gasteiger partial charge in [0.2, 0.25) is 0 Å². The number of hydrogen-bond donors (Lipinski definition) is 1. The molecule has 0 heterocycles. The molecule has 0 aliphatic carbocycles. The summed E-state index contributed by atoms with van der Waals surface area (Å²) in [4.78, 5) is 0. The number of nitrogens with one attached hydrogen (secondary N) is 1. The Morgan fingerprint density at radius 2 is 1.58 bits per heavy atom. The highest BCUT2D eigenvalue weighted by atomic mass is 19.4. The van der Waals surface area contributed by atoms with E-state index in [2.05, 4.69) is 5.32 Å². The average Bonchev–Trinajstić information content (AvgIpc) is 1.81. The Bertz CT molecular complexity index is 138. The van der Waals surface area contributed by atoms with Crippen LogP contribution in [-0.2, 0) is 0 Å². The highest BCUT2D eigenvalue weighted by molar-refractivity contribution is 4.85. The van der Waals surface area contributed by atoms with Gasteiger partial charge in [0.15, 0.2) is 0 Å². The molecule has 0 bridgehead atoms. The number of halogens is 3. The Kier molecular flexibility index (Phi) is 3.57. The number of rotatable bonds is 3. The van der Waals surface area contributed by atoms with E-state index < -0.39 is 11.7 Å². The Hall–Kier alpha value is -0.250. The molecule has 0 saturated carbocycles. The predicted octanol–water partition coefficient (Wildman–Crippen LogP) is 2.57. The van der Waals surface area contributed by atoms with Crippen molar-refractivity contribution in [2.24, 2.45) is 5.92 Å². The molecule has 0 atom stereocenters. The molecule has 0 aliphatic heterocycles. The zero-order valence-corrected chi connectivity index (χ0v) is 7.92. The van der Waals surface area contributed by atoms with E-state index in [0.717, 1.165) is 13.8 Å². The average molecular weight is 183 g/mol. The minimum Gasteiger partial charge on any atom is -0.304 e. The molecule has 0 aliphatic rings. The monoisotopic (exact) mass is 183 g/mol. The smallest absolute Gasteiger partial charge is 0.304 e. The van der Waals surface area contributed by atoms with E-state index in [1.165, 1.54) is 0 Å². The fraction of sp³-hybridized carbons (Fsp3) is 1.00. The molecule has 0 aromatic heterocycles. The van der Waals surface area contributed by atoms with Crippen LogP contribution in [0.5, 0.6) is 0 Å². The largest absolute Gasteiger partial charge is 0.406 e. The first kappa shape index (κ1) is 11.8. The zero-order chi connectivity index (χ0) is 9.99. The molecule has 12 heavy (non-hydrogen) atoms. The first-order valence-electron chi connectivity index (χ1n) is 3.98. The maximum Gasteiger partial charge on any atom is 0.406 e. The molecule has 0 rings (SSSR count). The molecule has 0 aromatic rings. The summed E-state index contributed by atoms with van der Waals surface area (Å²) in [6.07, 6.45) is -4.18. The van der Waals surface area contributed by atoms with Crippen molar-refractivity contribution in [2.75, 3.05) is 6.54 Å². The zero-order valence-electron chi connectivity index (χ0n) is 7.92. The summed E-state index contributed by atoms with van der Waals surface area (Å²) in [6.45, 7) is 6.43. The van der Waals surface area contributed by atoms with Gasteiger partial charge in [-0.15, -0.1) is 0 Å². The SMILES string of the molecule is CC(C)CNC(C)(C)C(F)(F)F. The summed E-state index contributed by atoms with van der Waals surface area (Å²) >= 11 is 0. The Morgan fingerprint density at radius 3 is 1.83 bits per heavy atom. The van der Waals surface area contributed by atoms with Crippen LogP contribution in [0, 0.1) is 5.92 Å². The molecule has 0 radical (unpaired) electrons. The molecular weight excluding hydrogens is 167 g/mol. The molecule has 0 spiro atoms. The lowest BCUT2D eigenvalue weighted by atomic mass is 10.0. The van der Waals surface area contributed by atoms with Crippen LogP contribution in [-0.4, -0.2) is 18.3 Å². The minimum absolute atomic E-state index is 0.228. The van der Waals surface area contributed by atoms with Gasteiger partial charge in [-0.05, 0) is 26.3 Å². The van der Waals surface area contributed by atoms with E-state index in [9.17, 15) is 13.2 Å². The second kappa shape index (κ2) is 3.64. The standard InChI is InChI=1S/C8H16F3N/c1-6(2)5-12-7(3,4)8(9,10)11/h6,12H,5H2,1-4H3. The van der Waals surface area contributed by atoms with Gasteiger partial charge in [-0.3, -0.25) is 0 Å². The lowest BCUT2D eigenvalue weighted by molar-refractivity contribution is -0.186. The van der Waals surface area contributed by atoms with E-state index in [1.54, 1.807) is 0 Å². The quantitative estimate of drug-likeness (QED) is 0.709. The normalized spacial score (nSPS) is 14.0. The summed E-state index contributed by atoms with van der Waals surface area (Å²) in [5.74, 6) is 0.228. The molecule has 4 heteroatoms. The van der Waals surface area contributed by atoms with Gasteiger partial charge in [0.25, 0.3) is 0 Å². The molecule has 0 fully saturated rings. The van der Waals surface area contributed by atoms with Crippen LogP contribution in [0.1, 0.15) is 27.7 Å². The molecule has 0 unspecified atom stereocenters. The molecule has 0 saturated heterocycles. The lowest BCUT2D eigenvalue weighted by Crippen LogP contribution is -2.52. The summed E-state index contributed by atoms with van der Waals surface area (Å²) in [5.41, 5.74) is -1.78. The van der Waals surface area contributed by atoms with Crippen LogP contribution >= 0.6 is 0 Å². The molecule has 0 amide bonds. The van der Waals surface area contributed by atoms with E-state index >= 15 is 0 Å². The Morgan fingerprint density at radius 1 is 1.17 bits per heavy atom. The van der Waals surface area contributed by atoms with Crippen molar-refractivity contribution in [2.45, 2.75) is 39.4 Å². The minimum atomic E-state index is -4.18. The van der Waals surface area contributed by atoms with E-state index in [0.29, 0.717) is 6.54 Å². The van der Waals surface area contributed by atoms with Gasteiger partial charge in [-0.25, -0.2) is 0 Å².